The summed E-state index contributed by atoms with van der Waals surface area (Å²) >= 11 is 0. The van der Waals surface area contributed by atoms with Crippen LogP contribution in [-0.4, -0.2) is 32.5 Å². The summed E-state index contributed by atoms with van der Waals surface area (Å²) < 4.78 is 45.5. The molecule has 0 unspecified atom stereocenters. The average molecular weight is 538 g/mol. The fraction of sp³-hybridized carbons (Fsp3) is 0.286. The van der Waals surface area contributed by atoms with Gasteiger partial charge in [0, 0.05) is 17.9 Å². The number of nitrogens with one attached hydrogen (secondary N) is 2. The molecule has 5 rings (SSSR count). The molecule has 0 atom stereocenters. The molecule has 1 fully saturated rings. The fourth-order valence-electron chi connectivity index (χ4n) is 4.58. The molecule has 1 saturated carbocycles. The van der Waals surface area contributed by atoms with E-state index >= 15 is 0 Å². The van der Waals surface area contributed by atoms with Crippen LogP contribution in [0.2, 0.25) is 0 Å². The fourth-order valence-corrected chi connectivity index (χ4v) is 4.58. The van der Waals surface area contributed by atoms with Crippen LogP contribution >= 0.6 is 0 Å². The van der Waals surface area contributed by atoms with Gasteiger partial charge in [-0.05, 0) is 60.9 Å². The molecule has 0 aliphatic heterocycles. The minimum absolute atomic E-state index is 0.0688. The van der Waals surface area contributed by atoms with Crippen LogP contribution in [-0.2, 0) is 17.4 Å². The highest BCUT2D eigenvalue weighted by Gasteiger charge is 2.30. The summed E-state index contributed by atoms with van der Waals surface area (Å²) in [7, 11) is 0. The lowest BCUT2D eigenvalue weighted by molar-refractivity contribution is -0.137. The zero-order valence-corrected chi connectivity index (χ0v) is 20.9. The number of carbonyl (C=O) groups is 2. The van der Waals surface area contributed by atoms with E-state index in [1.54, 1.807) is 36.5 Å². The summed E-state index contributed by atoms with van der Waals surface area (Å²) in [4.78, 5) is 33.7. The molecule has 202 valence electrons. The normalized spacial score (nSPS) is 14.2. The van der Waals surface area contributed by atoms with Gasteiger partial charge in [-0.25, -0.2) is 14.8 Å². The third-order valence-electron chi connectivity index (χ3n) is 6.59. The van der Waals surface area contributed by atoms with Crippen molar-refractivity contribution in [1.29, 1.82) is 0 Å². The lowest BCUT2D eigenvalue weighted by atomic mass is 9.96. The number of ether oxygens (including phenoxy) is 1. The number of benzene rings is 2. The molecule has 0 saturated heterocycles. The molecule has 11 heteroatoms. The SMILES string of the molecule is O=C(Cc1ccc(C(F)(F)F)cc1)Nc1ccc(Oc2ncnc3c2ccn3C(=O)NC2CCCCC2)cc1. The van der Waals surface area contributed by atoms with Gasteiger partial charge in [-0.2, -0.15) is 13.2 Å². The third-order valence-corrected chi connectivity index (χ3v) is 6.59. The van der Waals surface area contributed by atoms with E-state index in [-0.39, 0.29) is 30.3 Å². The Morgan fingerprint density at radius 2 is 1.67 bits per heavy atom. The zero-order valence-electron chi connectivity index (χ0n) is 20.9. The first kappa shape index (κ1) is 26.2. The van der Waals surface area contributed by atoms with Gasteiger partial charge < -0.3 is 15.4 Å². The van der Waals surface area contributed by atoms with Gasteiger partial charge in [-0.15, -0.1) is 0 Å². The number of halogens is 3. The number of aromatic nitrogens is 3. The number of hydrogen-bond donors (Lipinski definition) is 2. The first-order valence-electron chi connectivity index (χ1n) is 12.6. The minimum Gasteiger partial charge on any atom is -0.438 e. The predicted octanol–water partition coefficient (Wildman–Crippen LogP) is 6.31. The predicted molar refractivity (Wildman–Crippen MR) is 139 cm³/mol. The summed E-state index contributed by atoms with van der Waals surface area (Å²) in [6.07, 6.45) is 3.84. The first-order valence-corrected chi connectivity index (χ1v) is 12.6. The highest BCUT2D eigenvalue weighted by Crippen LogP contribution is 2.30. The molecule has 8 nitrogen and oxygen atoms in total. The number of fused-ring (bicyclic) bond motifs is 1. The molecular formula is C28H26F3N5O3. The van der Waals surface area contributed by atoms with Crippen LogP contribution in [0.5, 0.6) is 11.6 Å². The molecule has 2 heterocycles. The van der Waals surface area contributed by atoms with Crippen molar-refractivity contribution in [3.8, 4) is 11.6 Å². The van der Waals surface area contributed by atoms with Crippen LogP contribution in [0.1, 0.15) is 43.2 Å². The van der Waals surface area contributed by atoms with Crippen LogP contribution in [0.15, 0.2) is 67.1 Å². The Balaban J connectivity index is 1.21. The monoisotopic (exact) mass is 537 g/mol. The van der Waals surface area contributed by atoms with Crippen molar-refractivity contribution in [3.63, 3.8) is 0 Å². The van der Waals surface area contributed by atoms with Crippen molar-refractivity contribution in [3.05, 3.63) is 78.2 Å². The molecule has 0 bridgehead atoms. The Bertz CT molecular complexity index is 1460. The molecule has 2 aromatic heterocycles. The van der Waals surface area contributed by atoms with Gasteiger partial charge in [-0.3, -0.25) is 9.36 Å². The van der Waals surface area contributed by atoms with Crippen LogP contribution in [0.25, 0.3) is 11.0 Å². The van der Waals surface area contributed by atoms with Gasteiger partial charge >= 0.3 is 12.2 Å². The summed E-state index contributed by atoms with van der Waals surface area (Å²) in [6, 6.07) is 12.7. The number of nitrogens with zero attached hydrogens (tertiary/aromatic N) is 3. The Hall–Kier alpha value is -4.41. The van der Waals surface area contributed by atoms with Gasteiger partial charge in [0.05, 0.1) is 17.4 Å². The highest BCUT2D eigenvalue weighted by atomic mass is 19.4. The van der Waals surface area contributed by atoms with E-state index in [1.165, 1.54) is 29.4 Å². The van der Waals surface area contributed by atoms with E-state index in [0.717, 1.165) is 37.8 Å². The summed E-state index contributed by atoms with van der Waals surface area (Å²) in [6.45, 7) is 0. The summed E-state index contributed by atoms with van der Waals surface area (Å²) in [5, 5.41) is 6.36. The van der Waals surface area contributed by atoms with Gasteiger partial charge in [0.2, 0.25) is 11.8 Å². The van der Waals surface area contributed by atoms with E-state index < -0.39 is 11.7 Å². The van der Waals surface area contributed by atoms with E-state index in [2.05, 4.69) is 20.6 Å². The van der Waals surface area contributed by atoms with Crippen LogP contribution < -0.4 is 15.4 Å². The maximum atomic E-state index is 12.8. The second kappa shape index (κ2) is 11.1. The van der Waals surface area contributed by atoms with Crippen molar-refractivity contribution < 1.29 is 27.5 Å². The lowest BCUT2D eigenvalue weighted by Gasteiger charge is -2.22. The Labute approximate surface area is 222 Å². The number of hydrogen-bond acceptors (Lipinski definition) is 5. The van der Waals surface area contributed by atoms with E-state index in [1.807, 2.05) is 0 Å². The number of rotatable bonds is 6. The quantitative estimate of drug-likeness (QED) is 0.300. The summed E-state index contributed by atoms with van der Waals surface area (Å²) in [5.74, 6) is 0.368. The molecule has 1 aliphatic rings. The van der Waals surface area contributed by atoms with Crippen LogP contribution in [0.3, 0.4) is 0 Å². The second-order valence-corrected chi connectivity index (χ2v) is 9.43. The lowest BCUT2D eigenvalue weighted by Crippen LogP contribution is -2.38. The topological polar surface area (TPSA) is 98.1 Å². The largest absolute Gasteiger partial charge is 0.438 e. The minimum atomic E-state index is -4.42. The number of carbonyl (C=O) groups excluding carboxylic acids is 2. The standard InChI is InChI=1S/C28H26F3N5O3/c29-28(30,31)19-8-6-18(7-9-19)16-24(37)34-21-10-12-22(13-11-21)39-26-23-14-15-36(25(23)32-17-33-26)27(38)35-20-4-2-1-3-5-20/h6-15,17,20H,1-5,16H2,(H,34,37)(H,35,38). The van der Waals surface area contributed by atoms with Gasteiger partial charge in [-0.1, -0.05) is 31.4 Å². The molecule has 39 heavy (non-hydrogen) atoms. The Morgan fingerprint density at radius 1 is 0.949 bits per heavy atom. The summed E-state index contributed by atoms with van der Waals surface area (Å²) in [5.41, 5.74) is 0.633. The molecule has 2 amide bonds. The molecular weight excluding hydrogens is 511 g/mol. The molecule has 0 radical (unpaired) electrons. The van der Waals surface area contributed by atoms with Crippen molar-refractivity contribution in [2.45, 2.75) is 50.7 Å². The van der Waals surface area contributed by atoms with Crippen molar-refractivity contribution in [2.24, 2.45) is 0 Å². The van der Waals surface area contributed by atoms with E-state index in [0.29, 0.717) is 28.0 Å². The maximum absolute atomic E-state index is 12.8. The van der Waals surface area contributed by atoms with Crippen molar-refractivity contribution >= 4 is 28.7 Å². The number of anilines is 1. The third kappa shape index (κ3) is 6.36. The molecule has 4 aromatic rings. The number of alkyl halides is 3. The van der Waals surface area contributed by atoms with Gasteiger partial charge in [0.15, 0.2) is 5.65 Å². The highest BCUT2D eigenvalue weighted by molar-refractivity contribution is 5.93. The van der Waals surface area contributed by atoms with Crippen LogP contribution in [0, 0.1) is 0 Å². The number of amides is 2. The van der Waals surface area contributed by atoms with Crippen molar-refractivity contribution in [2.75, 3.05) is 5.32 Å². The van der Waals surface area contributed by atoms with Crippen LogP contribution in [0.4, 0.5) is 23.7 Å². The average Bonchev–Trinajstić information content (AvgIpc) is 3.36. The maximum Gasteiger partial charge on any atom is 0.416 e. The van der Waals surface area contributed by atoms with Crippen molar-refractivity contribution in [1.82, 2.24) is 19.9 Å². The molecule has 0 spiro atoms. The molecule has 2 N–H and O–H groups in total. The molecule has 2 aromatic carbocycles. The first-order chi connectivity index (χ1) is 18.8. The smallest absolute Gasteiger partial charge is 0.416 e. The zero-order chi connectivity index (χ0) is 27.4. The Kier molecular flexibility index (Phi) is 7.49. The molecule has 1 aliphatic carbocycles. The second-order valence-electron chi connectivity index (χ2n) is 9.43. The Morgan fingerprint density at radius 3 is 2.36 bits per heavy atom. The van der Waals surface area contributed by atoms with Gasteiger partial charge in [0.1, 0.15) is 12.1 Å². The van der Waals surface area contributed by atoms with E-state index in [9.17, 15) is 22.8 Å². The van der Waals surface area contributed by atoms with Gasteiger partial charge in [0.25, 0.3) is 0 Å². The van der Waals surface area contributed by atoms with E-state index in [4.69, 9.17) is 4.74 Å².